The third kappa shape index (κ3) is 3.70. The lowest BCUT2D eigenvalue weighted by Crippen LogP contribution is -2.43. The maximum absolute atomic E-state index is 13.7. The molecule has 0 saturated carbocycles. The molecule has 0 aliphatic carbocycles. The Morgan fingerprint density at radius 3 is 2.65 bits per heavy atom. The zero-order chi connectivity index (χ0) is 14.5. The Morgan fingerprint density at radius 2 is 2.10 bits per heavy atom. The number of benzene rings is 1. The summed E-state index contributed by atoms with van der Waals surface area (Å²) in [5, 5.41) is 3.61. The molecule has 0 aromatic heterocycles. The average molecular weight is 280 g/mol. The van der Waals surface area contributed by atoms with E-state index in [1.807, 2.05) is 6.07 Å². The monoisotopic (exact) mass is 280 g/mol. The predicted octanol–water partition coefficient (Wildman–Crippen LogP) is 2.97. The Hall–Kier alpha value is -1.13. The van der Waals surface area contributed by atoms with Crippen molar-refractivity contribution in [1.82, 2.24) is 10.2 Å². The normalized spacial score (nSPS) is 19.0. The Bertz CT molecular complexity index is 430. The van der Waals surface area contributed by atoms with Crippen LogP contribution < -0.4 is 10.1 Å². The van der Waals surface area contributed by atoms with Crippen molar-refractivity contribution in [2.45, 2.75) is 38.8 Å². The number of hydrogen-bond donors (Lipinski definition) is 1. The van der Waals surface area contributed by atoms with Gasteiger partial charge in [0.05, 0.1) is 7.11 Å². The molecular formula is C16H25FN2O. The van der Waals surface area contributed by atoms with Gasteiger partial charge < -0.3 is 15.0 Å². The highest BCUT2D eigenvalue weighted by Gasteiger charge is 2.20. The highest BCUT2D eigenvalue weighted by atomic mass is 19.1. The lowest BCUT2D eigenvalue weighted by Gasteiger charge is -2.33. The summed E-state index contributed by atoms with van der Waals surface area (Å²) in [6.07, 6.45) is 2.33. The minimum atomic E-state index is -0.292. The van der Waals surface area contributed by atoms with Crippen LogP contribution in [0.25, 0.3) is 0 Å². The fourth-order valence-electron chi connectivity index (χ4n) is 2.82. The van der Waals surface area contributed by atoms with Crippen molar-refractivity contribution in [1.29, 1.82) is 0 Å². The smallest absolute Gasteiger partial charge is 0.165 e. The molecule has 20 heavy (non-hydrogen) atoms. The third-order valence-electron chi connectivity index (χ3n) is 4.20. The molecule has 0 bridgehead atoms. The van der Waals surface area contributed by atoms with Gasteiger partial charge in [-0.05, 0) is 57.1 Å². The molecule has 0 spiro atoms. The quantitative estimate of drug-likeness (QED) is 0.897. The molecule has 0 amide bonds. The van der Waals surface area contributed by atoms with Gasteiger partial charge in [0.15, 0.2) is 11.6 Å². The molecule has 112 valence electrons. The van der Waals surface area contributed by atoms with Gasteiger partial charge in [0.1, 0.15) is 0 Å². The third-order valence-corrected chi connectivity index (χ3v) is 4.20. The number of nitrogens with one attached hydrogen (secondary N) is 1. The molecule has 1 fully saturated rings. The van der Waals surface area contributed by atoms with Crippen LogP contribution in [-0.4, -0.2) is 37.7 Å². The van der Waals surface area contributed by atoms with Gasteiger partial charge in [-0.3, -0.25) is 0 Å². The predicted molar refractivity (Wildman–Crippen MR) is 79.6 cm³/mol. The van der Waals surface area contributed by atoms with Crippen LogP contribution in [0.5, 0.6) is 5.75 Å². The number of methoxy groups -OCH3 is 1. The zero-order valence-corrected chi connectivity index (χ0v) is 12.7. The van der Waals surface area contributed by atoms with Crippen molar-refractivity contribution in [3.63, 3.8) is 0 Å². The Kier molecular flexibility index (Phi) is 5.38. The maximum Gasteiger partial charge on any atom is 0.165 e. The summed E-state index contributed by atoms with van der Waals surface area (Å²) in [6, 6.07) is 5.88. The minimum Gasteiger partial charge on any atom is -0.494 e. The molecule has 1 atom stereocenters. The summed E-state index contributed by atoms with van der Waals surface area (Å²) in [5.41, 5.74) is 0.973. The topological polar surface area (TPSA) is 24.5 Å². The van der Waals surface area contributed by atoms with Crippen LogP contribution in [0.15, 0.2) is 18.2 Å². The minimum absolute atomic E-state index is 0.161. The van der Waals surface area contributed by atoms with Crippen LogP contribution in [0, 0.1) is 5.82 Å². The first kappa shape index (κ1) is 15.3. The van der Waals surface area contributed by atoms with E-state index in [0.717, 1.165) is 38.0 Å². The van der Waals surface area contributed by atoms with Crippen LogP contribution in [0.4, 0.5) is 4.39 Å². The van der Waals surface area contributed by atoms with Crippen LogP contribution in [0.3, 0.4) is 0 Å². The number of halogens is 1. The van der Waals surface area contributed by atoms with Crippen molar-refractivity contribution >= 4 is 0 Å². The van der Waals surface area contributed by atoms with E-state index in [4.69, 9.17) is 4.74 Å². The number of likely N-dealkylation sites (tertiary alicyclic amines) is 1. The molecule has 1 aliphatic rings. The molecular weight excluding hydrogens is 255 g/mol. The molecule has 1 aliphatic heterocycles. The molecule has 1 heterocycles. The van der Waals surface area contributed by atoms with Gasteiger partial charge in [-0.25, -0.2) is 4.39 Å². The summed E-state index contributed by atoms with van der Waals surface area (Å²) in [4.78, 5) is 2.47. The van der Waals surface area contributed by atoms with E-state index in [1.165, 1.54) is 7.11 Å². The number of rotatable bonds is 5. The Morgan fingerprint density at radius 1 is 1.40 bits per heavy atom. The first-order valence-corrected chi connectivity index (χ1v) is 7.46. The molecule has 4 heteroatoms. The van der Waals surface area contributed by atoms with Gasteiger partial charge >= 0.3 is 0 Å². The fourth-order valence-corrected chi connectivity index (χ4v) is 2.82. The average Bonchev–Trinajstić information content (AvgIpc) is 2.48. The second kappa shape index (κ2) is 7.04. The van der Waals surface area contributed by atoms with Crippen molar-refractivity contribution in [3.05, 3.63) is 29.6 Å². The van der Waals surface area contributed by atoms with E-state index in [2.05, 4.69) is 24.1 Å². The van der Waals surface area contributed by atoms with Crippen molar-refractivity contribution in [2.75, 3.05) is 26.7 Å². The largest absolute Gasteiger partial charge is 0.494 e. The fraction of sp³-hybridized carbons (Fsp3) is 0.625. The highest BCUT2D eigenvalue weighted by Crippen LogP contribution is 2.23. The second-order valence-electron chi connectivity index (χ2n) is 5.49. The first-order valence-electron chi connectivity index (χ1n) is 7.46. The summed E-state index contributed by atoms with van der Waals surface area (Å²) in [5.74, 6) is 0.0108. The number of ether oxygens (including phenoxy) is 1. The van der Waals surface area contributed by atoms with Gasteiger partial charge in [-0.2, -0.15) is 0 Å². The van der Waals surface area contributed by atoms with Crippen LogP contribution in [-0.2, 0) is 0 Å². The van der Waals surface area contributed by atoms with E-state index in [0.29, 0.717) is 11.8 Å². The molecule has 3 nitrogen and oxygen atoms in total. The van der Waals surface area contributed by atoms with Gasteiger partial charge in [0, 0.05) is 12.1 Å². The lowest BCUT2D eigenvalue weighted by atomic mass is 10.0. The van der Waals surface area contributed by atoms with Crippen LogP contribution in [0.2, 0.25) is 0 Å². The highest BCUT2D eigenvalue weighted by molar-refractivity contribution is 5.30. The molecule has 0 radical (unpaired) electrons. The SMILES string of the molecule is CCN1CCC(NC(C)c2ccc(OC)c(F)c2)CC1. The summed E-state index contributed by atoms with van der Waals surface area (Å²) < 4.78 is 18.7. The van der Waals surface area contributed by atoms with Gasteiger partial charge in [0.2, 0.25) is 0 Å². The van der Waals surface area contributed by atoms with Gasteiger partial charge in [0.25, 0.3) is 0 Å². The molecule has 1 N–H and O–H groups in total. The molecule has 2 rings (SSSR count). The van der Waals surface area contributed by atoms with E-state index in [9.17, 15) is 4.39 Å². The van der Waals surface area contributed by atoms with Crippen molar-refractivity contribution < 1.29 is 9.13 Å². The van der Waals surface area contributed by atoms with Crippen LogP contribution in [0.1, 0.15) is 38.3 Å². The number of nitrogens with zero attached hydrogens (tertiary/aromatic N) is 1. The van der Waals surface area contributed by atoms with Crippen LogP contribution >= 0.6 is 0 Å². The molecule has 1 saturated heterocycles. The summed E-state index contributed by atoms with van der Waals surface area (Å²) >= 11 is 0. The van der Waals surface area contributed by atoms with Gasteiger partial charge in [-0.15, -0.1) is 0 Å². The summed E-state index contributed by atoms with van der Waals surface area (Å²) in [6.45, 7) is 7.73. The Balaban J connectivity index is 1.91. The summed E-state index contributed by atoms with van der Waals surface area (Å²) in [7, 11) is 1.49. The maximum atomic E-state index is 13.7. The zero-order valence-electron chi connectivity index (χ0n) is 12.7. The van der Waals surface area contributed by atoms with E-state index in [1.54, 1.807) is 12.1 Å². The first-order chi connectivity index (χ1) is 9.63. The second-order valence-corrected chi connectivity index (χ2v) is 5.49. The molecule has 1 unspecified atom stereocenters. The van der Waals surface area contributed by atoms with Crippen molar-refractivity contribution in [3.8, 4) is 5.75 Å². The molecule has 1 aromatic carbocycles. The van der Waals surface area contributed by atoms with Crippen molar-refractivity contribution in [2.24, 2.45) is 0 Å². The molecule has 1 aromatic rings. The number of piperidine rings is 1. The van der Waals surface area contributed by atoms with E-state index >= 15 is 0 Å². The standard InChI is InChI=1S/C16H25FN2O/c1-4-19-9-7-14(8-10-19)18-12(2)13-5-6-16(20-3)15(17)11-13/h5-6,11-12,14,18H,4,7-10H2,1-3H3. The van der Waals surface area contributed by atoms with Gasteiger partial charge in [-0.1, -0.05) is 13.0 Å². The Labute approximate surface area is 121 Å². The van der Waals surface area contributed by atoms with E-state index < -0.39 is 0 Å². The van der Waals surface area contributed by atoms with E-state index in [-0.39, 0.29) is 11.9 Å². The number of hydrogen-bond acceptors (Lipinski definition) is 3. The lowest BCUT2D eigenvalue weighted by molar-refractivity contribution is 0.200.